The fraction of sp³-hybridized carbons (Fsp3) is 0.692. The maximum absolute atomic E-state index is 12.0. The molecule has 0 aromatic rings. The number of esters is 3. The van der Waals surface area contributed by atoms with Crippen molar-refractivity contribution in [1.29, 1.82) is 0 Å². The molecule has 0 spiro atoms. The van der Waals surface area contributed by atoms with Gasteiger partial charge in [-0.15, -0.1) is 0 Å². The smallest absolute Gasteiger partial charge is 0.320 e. The number of hydrogen-bond donors (Lipinski definition) is 0. The molecule has 0 N–H and O–H groups in total. The van der Waals surface area contributed by atoms with Crippen molar-refractivity contribution in [1.82, 2.24) is 0 Å². The van der Waals surface area contributed by atoms with Gasteiger partial charge >= 0.3 is 17.9 Å². The van der Waals surface area contributed by atoms with E-state index in [1.807, 2.05) is 0 Å². The predicted molar refractivity (Wildman–Crippen MR) is 67.5 cm³/mol. The van der Waals surface area contributed by atoms with E-state index in [2.05, 4.69) is 14.2 Å². The molecule has 0 radical (unpaired) electrons. The fourth-order valence-electron chi connectivity index (χ4n) is 1.68. The normalized spacial score (nSPS) is 11.9. The summed E-state index contributed by atoms with van der Waals surface area (Å²) < 4.78 is 13.5. The molecule has 0 amide bonds. The van der Waals surface area contributed by atoms with Gasteiger partial charge in [0.1, 0.15) is 11.7 Å². The summed E-state index contributed by atoms with van der Waals surface area (Å²) in [7, 11) is 3.35. The first-order valence-electron chi connectivity index (χ1n) is 6.07. The first-order chi connectivity index (χ1) is 9.29. The maximum Gasteiger partial charge on any atom is 0.320 e. The number of rotatable bonds is 7. The lowest BCUT2D eigenvalue weighted by Crippen LogP contribution is -2.36. The molecule has 0 fully saturated rings. The Morgan fingerprint density at radius 3 is 1.40 bits per heavy atom. The van der Waals surface area contributed by atoms with Gasteiger partial charge in [-0.1, -0.05) is 13.8 Å². The van der Waals surface area contributed by atoms with Crippen LogP contribution in [0.1, 0.15) is 20.3 Å². The summed E-state index contributed by atoms with van der Waals surface area (Å²) in [5, 5.41) is 0. The quantitative estimate of drug-likeness (QED) is 0.379. The largest absolute Gasteiger partial charge is 0.468 e. The SMILES string of the molecule is COC(=O)C(CC(C(=O)OC)C(=O)C(C)C)C(=O)OC. The lowest BCUT2D eigenvalue weighted by atomic mass is 9.87. The van der Waals surface area contributed by atoms with Gasteiger partial charge in [-0.25, -0.2) is 0 Å². The first kappa shape index (κ1) is 18.1. The van der Waals surface area contributed by atoms with Gasteiger partial charge in [0.2, 0.25) is 0 Å². The second-order valence-corrected chi connectivity index (χ2v) is 4.47. The van der Waals surface area contributed by atoms with E-state index >= 15 is 0 Å². The predicted octanol–water partition coefficient (Wildman–Crippen LogP) is 0.353. The van der Waals surface area contributed by atoms with Crippen LogP contribution in [0.15, 0.2) is 0 Å². The summed E-state index contributed by atoms with van der Waals surface area (Å²) in [6.45, 7) is 3.23. The average Bonchev–Trinajstić information content (AvgIpc) is 2.45. The molecule has 7 nitrogen and oxygen atoms in total. The van der Waals surface area contributed by atoms with Crippen molar-refractivity contribution in [2.75, 3.05) is 21.3 Å². The van der Waals surface area contributed by atoms with Crippen LogP contribution in [0.3, 0.4) is 0 Å². The third-order valence-electron chi connectivity index (χ3n) is 2.84. The van der Waals surface area contributed by atoms with Crippen LogP contribution < -0.4 is 0 Å². The third kappa shape index (κ3) is 4.64. The number of ketones is 1. The summed E-state index contributed by atoms with van der Waals surface area (Å²) in [6, 6.07) is 0. The molecular formula is C13H20O7. The van der Waals surface area contributed by atoms with Gasteiger partial charge in [-0.3, -0.25) is 19.2 Å². The molecular weight excluding hydrogens is 268 g/mol. The summed E-state index contributed by atoms with van der Waals surface area (Å²) >= 11 is 0. The van der Waals surface area contributed by atoms with Gasteiger partial charge in [0.05, 0.1) is 21.3 Å². The van der Waals surface area contributed by atoms with Gasteiger partial charge in [0.15, 0.2) is 5.92 Å². The van der Waals surface area contributed by atoms with Crippen molar-refractivity contribution in [2.45, 2.75) is 20.3 Å². The van der Waals surface area contributed by atoms with Gasteiger partial charge in [0, 0.05) is 5.92 Å². The lowest BCUT2D eigenvalue weighted by molar-refractivity contribution is -0.161. The highest BCUT2D eigenvalue weighted by Crippen LogP contribution is 2.21. The van der Waals surface area contributed by atoms with Crippen molar-refractivity contribution < 1.29 is 33.4 Å². The first-order valence-corrected chi connectivity index (χ1v) is 6.07. The second kappa shape index (κ2) is 8.29. The molecule has 0 aliphatic heterocycles. The van der Waals surface area contributed by atoms with Crippen molar-refractivity contribution >= 4 is 23.7 Å². The minimum absolute atomic E-state index is 0.330. The van der Waals surface area contributed by atoms with Crippen LogP contribution >= 0.6 is 0 Å². The number of Topliss-reactive ketones (excluding diaryl/α,β-unsaturated/α-hetero) is 1. The Labute approximate surface area is 117 Å². The molecule has 0 rings (SSSR count). The molecule has 1 atom stereocenters. The second-order valence-electron chi connectivity index (χ2n) is 4.47. The van der Waals surface area contributed by atoms with Crippen LogP contribution in [0.2, 0.25) is 0 Å². The Kier molecular flexibility index (Phi) is 7.49. The monoisotopic (exact) mass is 288 g/mol. The Morgan fingerprint density at radius 1 is 0.750 bits per heavy atom. The van der Waals surface area contributed by atoms with E-state index in [-0.39, 0.29) is 6.42 Å². The minimum Gasteiger partial charge on any atom is -0.468 e. The van der Waals surface area contributed by atoms with Crippen LogP contribution in [0, 0.1) is 17.8 Å². The molecule has 20 heavy (non-hydrogen) atoms. The Hall–Kier alpha value is -1.92. The molecule has 7 heteroatoms. The molecule has 0 bridgehead atoms. The molecule has 0 saturated heterocycles. The van der Waals surface area contributed by atoms with Crippen LogP contribution in [-0.2, 0) is 33.4 Å². The zero-order valence-electron chi connectivity index (χ0n) is 12.3. The van der Waals surface area contributed by atoms with Crippen LogP contribution in [0.4, 0.5) is 0 Å². The van der Waals surface area contributed by atoms with Crippen molar-refractivity contribution in [2.24, 2.45) is 17.8 Å². The van der Waals surface area contributed by atoms with Gasteiger partial charge in [-0.2, -0.15) is 0 Å². The number of methoxy groups -OCH3 is 3. The topological polar surface area (TPSA) is 96.0 Å². The molecule has 114 valence electrons. The zero-order chi connectivity index (χ0) is 15.9. The molecule has 0 aliphatic carbocycles. The minimum atomic E-state index is -1.34. The molecule has 0 saturated carbocycles. The number of hydrogen-bond acceptors (Lipinski definition) is 7. The number of ether oxygens (including phenoxy) is 3. The van der Waals surface area contributed by atoms with E-state index in [9.17, 15) is 19.2 Å². The van der Waals surface area contributed by atoms with Gasteiger partial charge in [-0.05, 0) is 6.42 Å². The standard InChI is InChI=1S/C13H20O7/c1-7(2)10(14)8(11(15)18-3)6-9(12(16)19-4)13(17)20-5/h7-9H,6H2,1-5H3. The highest BCUT2D eigenvalue weighted by molar-refractivity contribution is 6.02. The molecule has 0 aliphatic rings. The van der Waals surface area contributed by atoms with Gasteiger partial charge < -0.3 is 14.2 Å². The molecule has 0 heterocycles. The maximum atomic E-state index is 12.0. The Balaban J connectivity index is 5.27. The average molecular weight is 288 g/mol. The van der Waals surface area contributed by atoms with Crippen molar-refractivity contribution in [3.05, 3.63) is 0 Å². The van der Waals surface area contributed by atoms with Crippen molar-refractivity contribution in [3.8, 4) is 0 Å². The van der Waals surface area contributed by atoms with Crippen LogP contribution in [0.5, 0.6) is 0 Å². The summed E-state index contributed by atoms with van der Waals surface area (Å²) in [6.07, 6.45) is -0.330. The van der Waals surface area contributed by atoms with E-state index in [4.69, 9.17) is 0 Å². The van der Waals surface area contributed by atoms with E-state index in [0.29, 0.717) is 0 Å². The number of carbonyl (C=O) groups excluding carboxylic acids is 4. The molecule has 0 aromatic carbocycles. The third-order valence-corrected chi connectivity index (χ3v) is 2.84. The fourth-order valence-corrected chi connectivity index (χ4v) is 1.68. The zero-order valence-corrected chi connectivity index (χ0v) is 12.3. The van der Waals surface area contributed by atoms with E-state index in [1.54, 1.807) is 13.8 Å². The highest BCUT2D eigenvalue weighted by Gasteiger charge is 2.38. The van der Waals surface area contributed by atoms with Crippen molar-refractivity contribution in [3.63, 3.8) is 0 Å². The summed E-state index contributed by atoms with van der Waals surface area (Å²) in [5.74, 6) is -5.89. The van der Waals surface area contributed by atoms with Crippen LogP contribution in [-0.4, -0.2) is 45.0 Å². The Bertz CT molecular complexity index is 370. The van der Waals surface area contributed by atoms with E-state index in [1.165, 1.54) is 0 Å². The van der Waals surface area contributed by atoms with Gasteiger partial charge in [0.25, 0.3) is 0 Å². The van der Waals surface area contributed by atoms with Crippen LogP contribution in [0.25, 0.3) is 0 Å². The van der Waals surface area contributed by atoms with E-state index < -0.39 is 41.4 Å². The van der Waals surface area contributed by atoms with E-state index in [0.717, 1.165) is 21.3 Å². The highest BCUT2D eigenvalue weighted by atomic mass is 16.5. The summed E-state index contributed by atoms with van der Waals surface area (Å²) in [5.41, 5.74) is 0. The number of carbonyl (C=O) groups is 4. The summed E-state index contributed by atoms with van der Waals surface area (Å²) in [4.78, 5) is 46.8. The lowest BCUT2D eigenvalue weighted by Gasteiger charge is -2.19. The Morgan fingerprint density at radius 2 is 1.10 bits per heavy atom. The molecule has 1 unspecified atom stereocenters. The molecule has 0 aromatic heterocycles.